The number of hydrogen-bond donors (Lipinski definition) is 0. The maximum absolute atomic E-state index is 11.8. The number of hydrogen-bond acceptors (Lipinski definition) is 14. The minimum Gasteiger partial charge on any atom is -0.460 e. The topological polar surface area (TPSA) is 137 Å². The summed E-state index contributed by atoms with van der Waals surface area (Å²) in [5.74, 6) is -0.357. The van der Waals surface area contributed by atoms with E-state index in [0.29, 0.717) is 158 Å². The van der Waals surface area contributed by atoms with Gasteiger partial charge in [0.1, 0.15) is 6.61 Å². The van der Waals surface area contributed by atoms with Crippen LogP contribution in [0.15, 0.2) is 30.3 Å². The van der Waals surface area contributed by atoms with E-state index >= 15 is 0 Å². The Bertz CT molecular complexity index is 831. The molecule has 0 aromatic heterocycles. The fraction of sp³-hybridized carbons (Fsp3) is 0.794. The summed E-state index contributed by atoms with van der Waals surface area (Å²) < 4.78 is 71.0. The molecule has 0 aliphatic carbocycles. The first-order valence-electron chi connectivity index (χ1n) is 17.2. The molecular formula is C34H62O14Si. The van der Waals surface area contributed by atoms with Crippen molar-refractivity contribution in [3.05, 3.63) is 35.9 Å². The number of esters is 1. The smallest absolute Gasteiger partial charge is 0.338 e. The van der Waals surface area contributed by atoms with Crippen molar-refractivity contribution in [1.82, 2.24) is 0 Å². The lowest BCUT2D eigenvalue weighted by Crippen LogP contribution is -2.27. The molecule has 286 valence electrons. The Hall–Kier alpha value is -1.57. The molecule has 49 heavy (non-hydrogen) atoms. The van der Waals surface area contributed by atoms with Crippen molar-refractivity contribution in [1.29, 1.82) is 0 Å². The van der Waals surface area contributed by atoms with Crippen molar-refractivity contribution < 1.29 is 66.1 Å². The molecule has 1 aromatic carbocycles. The third-order valence-corrected chi connectivity index (χ3v) is 7.02. The van der Waals surface area contributed by atoms with Gasteiger partial charge in [0, 0.05) is 0 Å². The SMILES string of the molecule is C[Si](C)(C)OCCOCCOCCOCCOCCOCCOCCOCCOCCOCCOCCOCCOC(=O)c1ccccc1. The fourth-order valence-corrected chi connectivity index (χ4v) is 4.25. The van der Waals surface area contributed by atoms with E-state index in [9.17, 15) is 4.79 Å². The highest BCUT2D eigenvalue weighted by Crippen LogP contribution is 2.02. The normalized spacial score (nSPS) is 11.7. The number of benzene rings is 1. The first kappa shape index (κ1) is 45.4. The van der Waals surface area contributed by atoms with Crippen molar-refractivity contribution in [2.24, 2.45) is 0 Å². The molecule has 0 spiro atoms. The van der Waals surface area contributed by atoms with Crippen molar-refractivity contribution in [2.75, 3.05) is 159 Å². The van der Waals surface area contributed by atoms with E-state index in [1.54, 1.807) is 24.3 Å². The molecule has 0 atom stereocenters. The van der Waals surface area contributed by atoms with Crippen LogP contribution in [0.5, 0.6) is 0 Å². The number of rotatable bonds is 38. The molecule has 0 radical (unpaired) electrons. The summed E-state index contributed by atoms with van der Waals surface area (Å²) in [7, 11) is -1.46. The van der Waals surface area contributed by atoms with Crippen LogP contribution in [-0.2, 0) is 61.3 Å². The summed E-state index contributed by atoms with van der Waals surface area (Å²) in [6.45, 7) is 18.2. The maximum Gasteiger partial charge on any atom is 0.338 e. The van der Waals surface area contributed by atoms with Crippen LogP contribution in [0.25, 0.3) is 0 Å². The zero-order valence-corrected chi connectivity index (χ0v) is 31.1. The molecule has 0 unspecified atom stereocenters. The Kier molecular flexibility index (Phi) is 32.3. The number of carbonyl (C=O) groups is 1. The molecule has 15 heteroatoms. The predicted molar refractivity (Wildman–Crippen MR) is 185 cm³/mol. The van der Waals surface area contributed by atoms with Crippen molar-refractivity contribution in [2.45, 2.75) is 19.6 Å². The third kappa shape index (κ3) is 34.6. The molecule has 0 fully saturated rings. The quantitative estimate of drug-likeness (QED) is 0.0562. The van der Waals surface area contributed by atoms with Gasteiger partial charge in [-0.3, -0.25) is 0 Å². The number of carbonyl (C=O) groups excluding carboxylic acids is 1. The van der Waals surface area contributed by atoms with Crippen molar-refractivity contribution in [3.8, 4) is 0 Å². The van der Waals surface area contributed by atoms with E-state index in [4.69, 9.17) is 61.3 Å². The highest BCUT2D eigenvalue weighted by atomic mass is 28.4. The lowest BCUT2D eigenvalue weighted by Gasteiger charge is -2.16. The molecule has 0 aliphatic heterocycles. The van der Waals surface area contributed by atoms with Crippen LogP contribution in [0, 0.1) is 0 Å². The second-order valence-corrected chi connectivity index (χ2v) is 15.7. The van der Waals surface area contributed by atoms with Crippen LogP contribution < -0.4 is 0 Å². The van der Waals surface area contributed by atoms with Gasteiger partial charge in [-0.05, 0) is 31.8 Å². The van der Waals surface area contributed by atoms with Crippen LogP contribution in [0.3, 0.4) is 0 Å². The first-order chi connectivity index (χ1) is 24.0. The number of ether oxygens (including phenoxy) is 12. The summed E-state index contributed by atoms with van der Waals surface area (Å²) in [6, 6.07) is 8.85. The summed E-state index contributed by atoms with van der Waals surface area (Å²) >= 11 is 0. The highest BCUT2D eigenvalue weighted by molar-refractivity contribution is 6.69. The maximum atomic E-state index is 11.8. The van der Waals surface area contributed by atoms with E-state index in [1.807, 2.05) is 6.07 Å². The monoisotopic (exact) mass is 722 g/mol. The molecule has 0 saturated heterocycles. The minimum absolute atomic E-state index is 0.201. The Labute approximate surface area is 294 Å². The van der Waals surface area contributed by atoms with E-state index in [2.05, 4.69) is 19.6 Å². The summed E-state index contributed by atoms with van der Waals surface area (Å²) in [5, 5.41) is 0. The zero-order valence-electron chi connectivity index (χ0n) is 30.1. The molecule has 0 heterocycles. The average Bonchev–Trinajstić information content (AvgIpc) is 3.09. The molecule has 1 aromatic rings. The van der Waals surface area contributed by atoms with Gasteiger partial charge >= 0.3 is 5.97 Å². The van der Waals surface area contributed by atoms with Gasteiger partial charge in [0.05, 0.1) is 158 Å². The second kappa shape index (κ2) is 34.9. The average molecular weight is 723 g/mol. The summed E-state index contributed by atoms with van der Waals surface area (Å²) in [5.41, 5.74) is 0.525. The van der Waals surface area contributed by atoms with Crippen molar-refractivity contribution >= 4 is 14.3 Å². The molecule has 14 nitrogen and oxygen atoms in total. The minimum atomic E-state index is -1.46. The van der Waals surface area contributed by atoms with Gasteiger partial charge in [-0.1, -0.05) is 18.2 Å². The third-order valence-electron chi connectivity index (χ3n) is 5.95. The first-order valence-corrected chi connectivity index (χ1v) is 20.6. The Balaban J connectivity index is 1.63. The molecule has 1 rings (SSSR count). The van der Waals surface area contributed by atoms with Crippen LogP contribution in [0.2, 0.25) is 19.6 Å². The Morgan fingerprint density at radius 3 is 0.898 bits per heavy atom. The van der Waals surface area contributed by atoms with E-state index in [0.717, 1.165) is 0 Å². The Morgan fingerprint density at radius 1 is 0.388 bits per heavy atom. The molecule has 0 N–H and O–H groups in total. The van der Waals surface area contributed by atoms with Gasteiger partial charge in [-0.25, -0.2) is 4.79 Å². The van der Waals surface area contributed by atoms with Gasteiger partial charge in [-0.15, -0.1) is 0 Å². The molecular weight excluding hydrogens is 660 g/mol. The largest absolute Gasteiger partial charge is 0.460 e. The lowest BCUT2D eigenvalue weighted by atomic mass is 10.2. The predicted octanol–water partition coefficient (Wildman–Crippen LogP) is 2.88. The van der Waals surface area contributed by atoms with E-state index in [1.165, 1.54) is 0 Å². The van der Waals surface area contributed by atoms with Crippen molar-refractivity contribution in [3.63, 3.8) is 0 Å². The molecule has 0 bridgehead atoms. The zero-order chi connectivity index (χ0) is 35.4. The highest BCUT2D eigenvalue weighted by Gasteiger charge is 2.13. The van der Waals surface area contributed by atoms with E-state index in [-0.39, 0.29) is 12.6 Å². The lowest BCUT2D eigenvalue weighted by molar-refractivity contribution is -0.0282. The van der Waals surface area contributed by atoms with Crippen LogP contribution in [0.4, 0.5) is 0 Å². The molecule has 0 aliphatic rings. The second-order valence-electron chi connectivity index (χ2n) is 11.2. The van der Waals surface area contributed by atoms with Gasteiger partial charge in [-0.2, -0.15) is 0 Å². The molecule has 0 saturated carbocycles. The standard InChI is InChI=1S/C34H62O14Si/c1-49(2,3)48-32-30-46-28-26-44-24-22-42-20-18-40-16-14-38-12-10-36-9-11-37-13-15-39-17-19-41-21-23-43-25-27-45-29-31-47-34(35)33-7-5-4-6-8-33/h4-8H,9-32H2,1-3H3. The van der Waals surface area contributed by atoms with Gasteiger partial charge < -0.3 is 61.3 Å². The van der Waals surface area contributed by atoms with Gasteiger partial charge in [0.25, 0.3) is 0 Å². The Morgan fingerprint density at radius 2 is 0.633 bits per heavy atom. The summed E-state index contributed by atoms with van der Waals surface area (Å²) in [4.78, 5) is 11.8. The summed E-state index contributed by atoms with van der Waals surface area (Å²) in [6.07, 6.45) is 0. The van der Waals surface area contributed by atoms with Crippen LogP contribution >= 0.6 is 0 Å². The van der Waals surface area contributed by atoms with Crippen LogP contribution in [0.1, 0.15) is 10.4 Å². The fourth-order valence-electron chi connectivity index (χ4n) is 3.56. The van der Waals surface area contributed by atoms with Gasteiger partial charge in [0.2, 0.25) is 0 Å². The van der Waals surface area contributed by atoms with Gasteiger partial charge in [0.15, 0.2) is 8.32 Å². The van der Waals surface area contributed by atoms with E-state index < -0.39 is 8.32 Å². The van der Waals surface area contributed by atoms with Crippen LogP contribution in [-0.4, -0.2) is 173 Å². The molecule has 0 amide bonds.